The molecule has 1 N–H and O–H groups in total. The molecule has 0 radical (unpaired) electrons. The Labute approximate surface area is 150 Å². The molecule has 0 saturated carbocycles. The van der Waals surface area contributed by atoms with Gasteiger partial charge < -0.3 is 15.0 Å². The highest BCUT2D eigenvalue weighted by Crippen LogP contribution is 2.30. The molecule has 1 saturated heterocycles. The van der Waals surface area contributed by atoms with Crippen LogP contribution < -0.4 is 10.1 Å². The van der Waals surface area contributed by atoms with E-state index in [1.807, 2.05) is 31.2 Å². The average molecular weight is 346 g/mol. The van der Waals surface area contributed by atoms with Gasteiger partial charge in [-0.1, -0.05) is 26.0 Å². The Bertz CT molecular complexity index is 615. The number of nitrogens with zero attached hydrogens (tertiary/aromatic N) is 1. The van der Waals surface area contributed by atoms with Crippen molar-refractivity contribution < 1.29 is 14.3 Å². The van der Waals surface area contributed by atoms with Gasteiger partial charge in [0.25, 0.3) is 0 Å². The minimum Gasteiger partial charge on any atom is -0.497 e. The summed E-state index contributed by atoms with van der Waals surface area (Å²) in [5, 5.41) is 3.01. The van der Waals surface area contributed by atoms with Crippen molar-refractivity contribution in [1.29, 1.82) is 0 Å². The summed E-state index contributed by atoms with van der Waals surface area (Å²) in [4.78, 5) is 26.8. The van der Waals surface area contributed by atoms with Crippen molar-refractivity contribution in [2.24, 2.45) is 5.92 Å². The zero-order valence-electron chi connectivity index (χ0n) is 15.8. The molecule has 25 heavy (non-hydrogen) atoms. The SMILES string of the molecule is COc1cccc(CCN2C(=O)CC[C@@]2(C)C(=O)NCCC(C)C)c1. The van der Waals surface area contributed by atoms with E-state index < -0.39 is 5.54 Å². The summed E-state index contributed by atoms with van der Waals surface area (Å²) in [6.07, 6.45) is 2.67. The lowest BCUT2D eigenvalue weighted by Gasteiger charge is -2.34. The number of methoxy groups -OCH3 is 1. The zero-order valence-corrected chi connectivity index (χ0v) is 15.8. The van der Waals surface area contributed by atoms with Gasteiger partial charge in [0.15, 0.2) is 0 Å². The number of carbonyl (C=O) groups is 2. The number of hydrogen-bond acceptors (Lipinski definition) is 3. The summed E-state index contributed by atoms with van der Waals surface area (Å²) in [7, 11) is 1.64. The Balaban J connectivity index is 2.00. The molecule has 138 valence electrons. The molecule has 1 atom stereocenters. The van der Waals surface area contributed by atoms with E-state index in [0.717, 1.165) is 17.7 Å². The second-order valence-electron chi connectivity index (χ2n) is 7.36. The van der Waals surface area contributed by atoms with Gasteiger partial charge in [-0.15, -0.1) is 0 Å². The van der Waals surface area contributed by atoms with Crippen LogP contribution in [0.3, 0.4) is 0 Å². The summed E-state index contributed by atoms with van der Waals surface area (Å²) in [5.41, 5.74) is 0.356. The van der Waals surface area contributed by atoms with Crippen molar-refractivity contribution in [2.45, 2.75) is 52.0 Å². The van der Waals surface area contributed by atoms with Crippen molar-refractivity contribution in [3.05, 3.63) is 29.8 Å². The lowest BCUT2D eigenvalue weighted by Crippen LogP contribution is -2.55. The summed E-state index contributed by atoms with van der Waals surface area (Å²) in [6, 6.07) is 7.83. The summed E-state index contributed by atoms with van der Waals surface area (Å²) >= 11 is 0. The molecule has 1 aromatic rings. The van der Waals surface area contributed by atoms with Crippen LogP contribution in [0.15, 0.2) is 24.3 Å². The number of hydrogen-bond donors (Lipinski definition) is 1. The third kappa shape index (κ3) is 4.74. The molecule has 1 heterocycles. The maximum atomic E-state index is 12.7. The quantitative estimate of drug-likeness (QED) is 0.787. The van der Waals surface area contributed by atoms with Crippen LogP contribution in [0, 0.1) is 5.92 Å². The highest BCUT2D eigenvalue weighted by molar-refractivity contribution is 5.94. The van der Waals surface area contributed by atoms with Crippen LogP contribution in [0.5, 0.6) is 5.75 Å². The van der Waals surface area contributed by atoms with Crippen LogP contribution in [0.1, 0.15) is 45.6 Å². The first-order chi connectivity index (χ1) is 11.9. The van der Waals surface area contributed by atoms with E-state index in [1.165, 1.54) is 0 Å². The molecule has 2 amide bonds. The van der Waals surface area contributed by atoms with Gasteiger partial charge in [0.05, 0.1) is 7.11 Å². The topological polar surface area (TPSA) is 58.6 Å². The Morgan fingerprint density at radius 1 is 1.40 bits per heavy atom. The zero-order chi connectivity index (χ0) is 18.4. The first-order valence-corrected chi connectivity index (χ1v) is 9.08. The van der Waals surface area contributed by atoms with Crippen molar-refractivity contribution in [2.75, 3.05) is 20.2 Å². The second kappa shape index (κ2) is 8.37. The number of nitrogens with one attached hydrogen (secondary N) is 1. The molecule has 1 aromatic carbocycles. The number of benzene rings is 1. The molecule has 5 heteroatoms. The predicted octanol–water partition coefficient (Wildman–Crippen LogP) is 2.78. The van der Waals surface area contributed by atoms with Gasteiger partial charge in [0.2, 0.25) is 11.8 Å². The maximum Gasteiger partial charge on any atom is 0.245 e. The lowest BCUT2D eigenvalue weighted by atomic mass is 9.97. The van der Waals surface area contributed by atoms with Crippen molar-refractivity contribution in [3.63, 3.8) is 0 Å². The Hall–Kier alpha value is -2.04. The number of amides is 2. The van der Waals surface area contributed by atoms with Crippen molar-refractivity contribution in [3.8, 4) is 5.75 Å². The highest BCUT2D eigenvalue weighted by Gasteiger charge is 2.46. The van der Waals surface area contributed by atoms with Crippen LogP contribution in [-0.4, -0.2) is 42.5 Å². The third-order valence-electron chi connectivity index (χ3n) is 4.98. The fourth-order valence-corrected chi connectivity index (χ4v) is 3.24. The van der Waals surface area contributed by atoms with Gasteiger partial charge in [0.1, 0.15) is 11.3 Å². The molecule has 1 fully saturated rings. The van der Waals surface area contributed by atoms with E-state index in [-0.39, 0.29) is 11.8 Å². The first-order valence-electron chi connectivity index (χ1n) is 9.08. The summed E-state index contributed by atoms with van der Waals surface area (Å²) < 4.78 is 5.25. The normalized spacial score (nSPS) is 20.2. The predicted molar refractivity (Wildman–Crippen MR) is 98.5 cm³/mol. The Morgan fingerprint density at radius 3 is 2.84 bits per heavy atom. The van der Waals surface area contributed by atoms with E-state index in [9.17, 15) is 9.59 Å². The standard InChI is InChI=1S/C20H30N2O3/c1-15(2)9-12-21-19(24)20(3)11-8-18(23)22(20)13-10-16-6-5-7-17(14-16)25-4/h5-7,14-15H,8-13H2,1-4H3,(H,21,24)/t20-/m0/s1. The molecular weight excluding hydrogens is 316 g/mol. The highest BCUT2D eigenvalue weighted by atomic mass is 16.5. The van der Waals surface area contributed by atoms with Gasteiger partial charge in [-0.05, 0) is 49.8 Å². The van der Waals surface area contributed by atoms with Crippen LogP contribution >= 0.6 is 0 Å². The minimum atomic E-state index is -0.743. The van der Waals surface area contributed by atoms with Crippen LogP contribution in [0.25, 0.3) is 0 Å². The summed E-state index contributed by atoms with van der Waals surface area (Å²) in [5.74, 6) is 1.37. The van der Waals surface area contributed by atoms with E-state index in [2.05, 4.69) is 19.2 Å². The molecule has 0 unspecified atom stereocenters. The third-order valence-corrected chi connectivity index (χ3v) is 4.98. The van der Waals surface area contributed by atoms with E-state index in [4.69, 9.17) is 4.74 Å². The van der Waals surface area contributed by atoms with Crippen LogP contribution in [0.2, 0.25) is 0 Å². The number of ether oxygens (including phenoxy) is 1. The molecule has 5 nitrogen and oxygen atoms in total. The molecule has 0 bridgehead atoms. The van der Waals surface area contributed by atoms with Gasteiger partial charge in [-0.3, -0.25) is 9.59 Å². The largest absolute Gasteiger partial charge is 0.497 e. The molecule has 0 aliphatic carbocycles. The number of likely N-dealkylation sites (tertiary alicyclic amines) is 1. The molecule has 1 aliphatic heterocycles. The minimum absolute atomic E-state index is 0.0374. The van der Waals surface area contributed by atoms with E-state index in [0.29, 0.717) is 38.3 Å². The van der Waals surface area contributed by atoms with Crippen molar-refractivity contribution >= 4 is 11.8 Å². The van der Waals surface area contributed by atoms with E-state index in [1.54, 1.807) is 12.0 Å². The maximum absolute atomic E-state index is 12.7. The number of rotatable bonds is 8. The fraction of sp³-hybridized carbons (Fsp3) is 0.600. The molecule has 2 rings (SSSR count). The molecule has 0 aromatic heterocycles. The van der Waals surface area contributed by atoms with Crippen LogP contribution in [-0.2, 0) is 16.0 Å². The van der Waals surface area contributed by atoms with Gasteiger partial charge in [0, 0.05) is 19.5 Å². The second-order valence-corrected chi connectivity index (χ2v) is 7.36. The summed E-state index contributed by atoms with van der Waals surface area (Å²) in [6.45, 7) is 7.35. The lowest BCUT2D eigenvalue weighted by molar-refractivity contribution is -0.140. The van der Waals surface area contributed by atoms with Gasteiger partial charge >= 0.3 is 0 Å². The monoisotopic (exact) mass is 346 g/mol. The molecule has 1 aliphatic rings. The van der Waals surface area contributed by atoms with E-state index >= 15 is 0 Å². The first kappa shape index (κ1) is 19.3. The smallest absolute Gasteiger partial charge is 0.245 e. The van der Waals surface area contributed by atoms with Gasteiger partial charge in [-0.25, -0.2) is 0 Å². The van der Waals surface area contributed by atoms with Crippen molar-refractivity contribution in [1.82, 2.24) is 10.2 Å². The van der Waals surface area contributed by atoms with Gasteiger partial charge in [-0.2, -0.15) is 0 Å². The fourth-order valence-electron chi connectivity index (χ4n) is 3.24. The van der Waals surface area contributed by atoms with Crippen LogP contribution in [0.4, 0.5) is 0 Å². The number of carbonyl (C=O) groups excluding carboxylic acids is 2. The Morgan fingerprint density at radius 2 is 2.16 bits per heavy atom. The average Bonchev–Trinajstić information content (AvgIpc) is 2.88. The molecule has 0 spiro atoms. The molecular formula is C20H30N2O3. The Kier molecular flexibility index (Phi) is 6.45.